The standard InChI is InChI=1S/C15H24N2O3/c1-4-5-6-7-14(2,3)10-17-12(19)15(8-9-15)11(18)16-13(17)20/h4-10H2,1-3H3,(H,16,18,20). The molecule has 0 aromatic carbocycles. The molecule has 20 heavy (non-hydrogen) atoms. The molecule has 0 aromatic rings. The number of amides is 4. The third-order valence-electron chi connectivity index (χ3n) is 4.35. The highest BCUT2D eigenvalue weighted by atomic mass is 16.2. The second-order valence-corrected chi connectivity index (χ2v) is 6.85. The molecule has 1 saturated carbocycles. The molecule has 0 radical (unpaired) electrons. The Bertz CT molecular complexity index is 438. The Labute approximate surface area is 120 Å². The summed E-state index contributed by atoms with van der Waals surface area (Å²) in [5.41, 5.74) is -1.04. The largest absolute Gasteiger partial charge is 0.330 e. The fraction of sp³-hybridized carbons (Fsp3) is 0.800. The summed E-state index contributed by atoms with van der Waals surface area (Å²) in [5, 5.41) is 2.33. The molecule has 1 saturated heterocycles. The summed E-state index contributed by atoms with van der Waals surface area (Å²) in [7, 11) is 0. The van der Waals surface area contributed by atoms with Crippen molar-refractivity contribution >= 4 is 17.8 Å². The Morgan fingerprint density at radius 1 is 1.20 bits per heavy atom. The van der Waals surface area contributed by atoms with Crippen LogP contribution >= 0.6 is 0 Å². The summed E-state index contributed by atoms with van der Waals surface area (Å²) in [4.78, 5) is 37.3. The lowest BCUT2D eigenvalue weighted by molar-refractivity contribution is -0.145. The van der Waals surface area contributed by atoms with Gasteiger partial charge in [0.1, 0.15) is 5.41 Å². The minimum Gasteiger partial charge on any atom is -0.277 e. The number of carbonyl (C=O) groups excluding carboxylic acids is 3. The summed E-state index contributed by atoms with van der Waals surface area (Å²) < 4.78 is 0. The van der Waals surface area contributed by atoms with Gasteiger partial charge in [0.05, 0.1) is 0 Å². The quantitative estimate of drug-likeness (QED) is 0.600. The Morgan fingerprint density at radius 2 is 1.85 bits per heavy atom. The minimum absolute atomic E-state index is 0.112. The van der Waals surface area contributed by atoms with Gasteiger partial charge in [-0.2, -0.15) is 0 Å². The molecule has 0 bridgehead atoms. The third-order valence-corrected chi connectivity index (χ3v) is 4.35. The number of urea groups is 1. The molecule has 1 aliphatic carbocycles. The Morgan fingerprint density at radius 3 is 2.40 bits per heavy atom. The monoisotopic (exact) mass is 280 g/mol. The highest BCUT2D eigenvalue weighted by molar-refractivity contribution is 6.20. The summed E-state index contributed by atoms with van der Waals surface area (Å²) in [5.74, 6) is -0.706. The van der Waals surface area contributed by atoms with Crippen molar-refractivity contribution in [2.24, 2.45) is 10.8 Å². The number of rotatable bonds is 6. The van der Waals surface area contributed by atoms with E-state index in [1.807, 2.05) is 0 Å². The maximum atomic E-state index is 12.4. The lowest BCUT2D eigenvalue weighted by Crippen LogP contribution is -2.60. The van der Waals surface area contributed by atoms with Crippen LogP contribution in [0.15, 0.2) is 0 Å². The van der Waals surface area contributed by atoms with E-state index in [9.17, 15) is 14.4 Å². The molecule has 5 nitrogen and oxygen atoms in total. The van der Waals surface area contributed by atoms with Crippen molar-refractivity contribution in [1.29, 1.82) is 0 Å². The van der Waals surface area contributed by atoms with Crippen LogP contribution in [-0.4, -0.2) is 29.3 Å². The normalized spacial score (nSPS) is 21.4. The fourth-order valence-corrected chi connectivity index (χ4v) is 2.80. The number of carbonyl (C=O) groups is 3. The van der Waals surface area contributed by atoms with E-state index in [2.05, 4.69) is 26.1 Å². The van der Waals surface area contributed by atoms with Crippen LogP contribution in [0, 0.1) is 10.8 Å². The van der Waals surface area contributed by atoms with Crippen molar-refractivity contribution in [2.45, 2.75) is 59.3 Å². The van der Waals surface area contributed by atoms with Gasteiger partial charge in [-0.05, 0) is 24.7 Å². The lowest BCUT2D eigenvalue weighted by atomic mass is 9.85. The maximum Gasteiger partial charge on any atom is 0.330 e. The third kappa shape index (κ3) is 2.72. The van der Waals surface area contributed by atoms with Gasteiger partial charge in [-0.15, -0.1) is 0 Å². The highest BCUT2D eigenvalue weighted by Crippen LogP contribution is 2.49. The van der Waals surface area contributed by atoms with Gasteiger partial charge in [-0.3, -0.25) is 19.8 Å². The van der Waals surface area contributed by atoms with Gasteiger partial charge >= 0.3 is 6.03 Å². The first-order chi connectivity index (χ1) is 9.32. The second kappa shape index (κ2) is 5.19. The van der Waals surface area contributed by atoms with Crippen LogP contribution in [-0.2, 0) is 9.59 Å². The van der Waals surface area contributed by atoms with Crippen LogP contribution < -0.4 is 5.32 Å². The van der Waals surface area contributed by atoms with Crippen molar-refractivity contribution < 1.29 is 14.4 Å². The minimum atomic E-state index is -0.923. The average Bonchev–Trinajstić information content (AvgIpc) is 3.15. The summed E-state index contributed by atoms with van der Waals surface area (Å²) >= 11 is 0. The fourth-order valence-electron chi connectivity index (χ4n) is 2.80. The molecule has 2 fully saturated rings. The van der Waals surface area contributed by atoms with E-state index in [1.54, 1.807) is 0 Å². The lowest BCUT2D eigenvalue weighted by Gasteiger charge is -2.36. The first kappa shape index (κ1) is 15.0. The Hall–Kier alpha value is -1.39. The van der Waals surface area contributed by atoms with Gasteiger partial charge in [0, 0.05) is 6.54 Å². The molecule has 1 aliphatic heterocycles. The van der Waals surface area contributed by atoms with E-state index in [1.165, 1.54) is 4.90 Å². The molecule has 0 aromatic heterocycles. The molecular weight excluding hydrogens is 256 g/mol. The van der Waals surface area contributed by atoms with E-state index in [4.69, 9.17) is 0 Å². The number of unbranched alkanes of at least 4 members (excludes halogenated alkanes) is 2. The maximum absolute atomic E-state index is 12.4. The zero-order valence-corrected chi connectivity index (χ0v) is 12.6. The van der Waals surface area contributed by atoms with Gasteiger partial charge in [-0.1, -0.05) is 40.0 Å². The van der Waals surface area contributed by atoms with Crippen molar-refractivity contribution in [3.63, 3.8) is 0 Å². The van der Waals surface area contributed by atoms with E-state index in [0.29, 0.717) is 19.4 Å². The molecular formula is C15H24N2O3. The van der Waals surface area contributed by atoms with Crippen LogP contribution in [0.5, 0.6) is 0 Å². The molecule has 5 heteroatoms. The first-order valence-electron chi connectivity index (χ1n) is 7.50. The van der Waals surface area contributed by atoms with Crippen LogP contribution in [0.3, 0.4) is 0 Å². The predicted octanol–water partition coefficient (Wildman–Crippen LogP) is 2.45. The molecule has 0 atom stereocenters. The number of nitrogens with one attached hydrogen (secondary N) is 1. The average molecular weight is 280 g/mol. The summed E-state index contributed by atoms with van der Waals surface area (Å²) in [6.07, 6.45) is 5.51. The number of hydrogen-bond acceptors (Lipinski definition) is 3. The van der Waals surface area contributed by atoms with Gasteiger partial charge in [0.2, 0.25) is 11.8 Å². The number of nitrogens with zero attached hydrogens (tertiary/aromatic N) is 1. The van der Waals surface area contributed by atoms with Gasteiger partial charge in [-0.25, -0.2) is 4.79 Å². The van der Waals surface area contributed by atoms with Crippen LogP contribution in [0.25, 0.3) is 0 Å². The van der Waals surface area contributed by atoms with E-state index in [0.717, 1.165) is 25.7 Å². The number of imide groups is 2. The molecule has 1 heterocycles. The zero-order valence-electron chi connectivity index (χ0n) is 12.6. The summed E-state index contributed by atoms with van der Waals surface area (Å²) in [6.45, 7) is 6.67. The highest BCUT2D eigenvalue weighted by Gasteiger charge is 2.62. The zero-order chi connectivity index (χ0) is 15.0. The summed E-state index contributed by atoms with van der Waals surface area (Å²) in [6, 6.07) is -0.555. The molecule has 2 aliphatic rings. The van der Waals surface area contributed by atoms with Crippen molar-refractivity contribution in [3.8, 4) is 0 Å². The van der Waals surface area contributed by atoms with Crippen LogP contribution in [0.4, 0.5) is 4.79 Å². The number of barbiturate groups is 1. The van der Waals surface area contributed by atoms with Gasteiger partial charge < -0.3 is 0 Å². The van der Waals surface area contributed by atoms with E-state index < -0.39 is 17.4 Å². The SMILES string of the molecule is CCCCCC(C)(C)CN1C(=O)NC(=O)C2(CC2)C1=O. The van der Waals surface area contributed by atoms with Crippen molar-refractivity contribution in [3.05, 3.63) is 0 Å². The molecule has 1 spiro atoms. The molecule has 0 unspecified atom stereocenters. The topological polar surface area (TPSA) is 66.5 Å². The van der Waals surface area contributed by atoms with Crippen LogP contribution in [0.2, 0.25) is 0 Å². The molecule has 112 valence electrons. The Kier molecular flexibility index (Phi) is 3.89. The first-order valence-corrected chi connectivity index (χ1v) is 7.50. The van der Waals surface area contributed by atoms with E-state index >= 15 is 0 Å². The van der Waals surface area contributed by atoms with Crippen molar-refractivity contribution in [1.82, 2.24) is 10.2 Å². The second-order valence-electron chi connectivity index (χ2n) is 6.85. The van der Waals surface area contributed by atoms with Crippen LogP contribution in [0.1, 0.15) is 59.3 Å². The number of hydrogen-bond donors (Lipinski definition) is 1. The Balaban J connectivity index is 2.02. The smallest absolute Gasteiger partial charge is 0.277 e. The predicted molar refractivity (Wildman–Crippen MR) is 74.8 cm³/mol. The van der Waals surface area contributed by atoms with Gasteiger partial charge in [0.25, 0.3) is 0 Å². The molecule has 1 N–H and O–H groups in total. The molecule has 4 amide bonds. The van der Waals surface area contributed by atoms with Gasteiger partial charge in [0.15, 0.2) is 0 Å². The van der Waals surface area contributed by atoms with Crippen molar-refractivity contribution in [2.75, 3.05) is 6.54 Å². The van der Waals surface area contributed by atoms with E-state index in [-0.39, 0.29) is 11.3 Å². The molecule has 2 rings (SSSR count).